The second-order valence-corrected chi connectivity index (χ2v) is 4.59. The van der Waals surface area contributed by atoms with Crippen LogP contribution in [-0.4, -0.2) is 70.9 Å². The van der Waals surface area contributed by atoms with E-state index in [-0.39, 0.29) is 12.8 Å². The van der Waals surface area contributed by atoms with Crippen LogP contribution in [-0.2, 0) is 17.6 Å². The number of nitrogens with zero attached hydrogens (tertiary/aromatic N) is 6. The summed E-state index contributed by atoms with van der Waals surface area (Å²) in [5.41, 5.74) is 0. The van der Waals surface area contributed by atoms with Crippen LogP contribution in [0, 0.1) is 0 Å². The Balaban J connectivity index is 1.66. The molecule has 0 fully saturated rings. The van der Waals surface area contributed by atoms with Crippen LogP contribution >= 0.6 is 0 Å². The van der Waals surface area contributed by atoms with Crippen molar-refractivity contribution in [2.45, 2.75) is 31.7 Å². The summed E-state index contributed by atoms with van der Waals surface area (Å²) in [6.45, 7) is 0.359. The Bertz CT molecular complexity index is 598. The van der Waals surface area contributed by atoms with E-state index in [0.717, 1.165) is 0 Å². The highest BCUT2D eigenvalue weighted by molar-refractivity contribution is 5.82. The number of carboxylic acid groups (broad SMARTS) is 1. The number of H-pyrrole nitrogens is 2. The number of rotatable bonds is 9. The van der Waals surface area contributed by atoms with Gasteiger partial charge in [-0.25, -0.2) is 9.59 Å². The number of tetrazole rings is 2. The predicted molar refractivity (Wildman–Crippen MR) is 73.0 cm³/mol. The molecule has 0 aliphatic rings. The minimum atomic E-state index is -1.13. The molecule has 1 atom stereocenters. The van der Waals surface area contributed by atoms with E-state index in [0.29, 0.717) is 31.0 Å². The van der Waals surface area contributed by atoms with Crippen LogP contribution in [0.4, 0.5) is 4.79 Å². The number of carboxylic acids is 1. The van der Waals surface area contributed by atoms with Crippen molar-refractivity contribution in [1.82, 2.24) is 51.9 Å². The van der Waals surface area contributed by atoms with Crippen LogP contribution in [0.3, 0.4) is 0 Å². The molecule has 23 heavy (non-hydrogen) atoms. The molecule has 124 valence electrons. The van der Waals surface area contributed by atoms with Gasteiger partial charge in [0.1, 0.15) is 6.04 Å². The Morgan fingerprint density at radius 3 is 2.30 bits per heavy atom. The molecule has 2 heterocycles. The molecule has 0 saturated carbocycles. The molecule has 13 heteroatoms. The fraction of sp³-hybridized carbons (Fsp3) is 0.600. The van der Waals surface area contributed by atoms with E-state index in [1.54, 1.807) is 0 Å². The quantitative estimate of drug-likeness (QED) is 0.326. The third-order valence-corrected chi connectivity index (χ3v) is 2.90. The average Bonchev–Trinajstić information content (AvgIpc) is 3.20. The maximum absolute atomic E-state index is 11.7. The van der Waals surface area contributed by atoms with Gasteiger partial charge in [-0.1, -0.05) is 10.4 Å². The number of aryl methyl sites for hydroxylation is 2. The lowest BCUT2D eigenvalue weighted by atomic mass is 10.1. The van der Waals surface area contributed by atoms with Crippen LogP contribution in [0.15, 0.2) is 0 Å². The highest BCUT2D eigenvalue weighted by atomic mass is 16.4. The molecule has 0 aliphatic heterocycles. The number of carbonyl (C=O) groups excluding carboxylic acids is 1. The van der Waals surface area contributed by atoms with Gasteiger partial charge in [-0.2, -0.15) is 10.4 Å². The molecule has 2 amide bonds. The number of aromatic nitrogens is 8. The van der Waals surface area contributed by atoms with Crippen molar-refractivity contribution in [3.05, 3.63) is 11.6 Å². The molecule has 2 aromatic heterocycles. The summed E-state index contributed by atoms with van der Waals surface area (Å²) in [5, 5.41) is 40.5. The SMILES string of the molecule is O=C(NCCCc1nn[nH]n1)N[C@@H](CCc1nn[nH]n1)C(=O)O. The van der Waals surface area contributed by atoms with Gasteiger partial charge < -0.3 is 15.7 Å². The van der Waals surface area contributed by atoms with Gasteiger partial charge in [-0.05, 0) is 12.8 Å². The normalized spacial score (nSPS) is 11.8. The fourth-order valence-electron chi connectivity index (χ4n) is 1.77. The summed E-state index contributed by atoms with van der Waals surface area (Å²) in [4.78, 5) is 22.8. The summed E-state index contributed by atoms with van der Waals surface area (Å²) in [7, 11) is 0. The highest BCUT2D eigenvalue weighted by Gasteiger charge is 2.20. The molecular formula is C10H16N10O3. The number of amides is 2. The maximum Gasteiger partial charge on any atom is 0.326 e. The average molecular weight is 324 g/mol. The first-order valence-electron chi connectivity index (χ1n) is 6.87. The molecule has 0 unspecified atom stereocenters. The first kappa shape index (κ1) is 16.3. The first-order chi connectivity index (χ1) is 11.1. The Kier molecular flexibility index (Phi) is 5.90. The standard InChI is InChI=1S/C10H16N10O3/c21-9(22)6(3-4-8-15-19-20-16-8)12-10(23)11-5-1-2-7-13-17-18-14-7/h6H,1-5H2,(H,21,22)(H2,11,12,23)(H,13,14,17,18)(H,15,16,19,20)/t6-/m0/s1. The third kappa shape index (κ3) is 5.64. The van der Waals surface area contributed by atoms with Crippen molar-refractivity contribution in [1.29, 1.82) is 0 Å². The van der Waals surface area contributed by atoms with Crippen LogP contribution in [0.5, 0.6) is 0 Å². The van der Waals surface area contributed by atoms with Gasteiger partial charge in [-0.15, -0.1) is 20.4 Å². The lowest BCUT2D eigenvalue weighted by Gasteiger charge is -2.14. The van der Waals surface area contributed by atoms with Gasteiger partial charge in [0.15, 0.2) is 11.6 Å². The number of aliphatic carboxylic acids is 1. The Hall–Kier alpha value is -3.12. The van der Waals surface area contributed by atoms with E-state index < -0.39 is 18.0 Å². The smallest absolute Gasteiger partial charge is 0.326 e. The van der Waals surface area contributed by atoms with Crippen molar-refractivity contribution in [2.24, 2.45) is 0 Å². The van der Waals surface area contributed by atoms with Crippen LogP contribution in [0.1, 0.15) is 24.5 Å². The second-order valence-electron chi connectivity index (χ2n) is 4.59. The monoisotopic (exact) mass is 324 g/mol. The second kappa shape index (κ2) is 8.35. The van der Waals surface area contributed by atoms with Crippen molar-refractivity contribution in [3.8, 4) is 0 Å². The highest BCUT2D eigenvalue weighted by Crippen LogP contribution is 1.99. The maximum atomic E-state index is 11.7. The van der Waals surface area contributed by atoms with Gasteiger partial charge in [0.25, 0.3) is 0 Å². The topological polar surface area (TPSA) is 187 Å². The van der Waals surface area contributed by atoms with Crippen LogP contribution < -0.4 is 10.6 Å². The van der Waals surface area contributed by atoms with E-state index in [9.17, 15) is 9.59 Å². The minimum Gasteiger partial charge on any atom is -0.480 e. The molecule has 0 aliphatic carbocycles. The first-order valence-corrected chi connectivity index (χ1v) is 6.87. The molecule has 2 rings (SSSR count). The molecule has 0 radical (unpaired) electrons. The van der Waals surface area contributed by atoms with E-state index in [4.69, 9.17) is 5.11 Å². The summed E-state index contributed by atoms with van der Waals surface area (Å²) >= 11 is 0. The molecule has 0 saturated heterocycles. The largest absolute Gasteiger partial charge is 0.480 e. The zero-order chi connectivity index (χ0) is 16.5. The molecule has 0 spiro atoms. The molecule has 0 bridgehead atoms. The fourth-order valence-corrected chi connectivity index (χ4v) is 1.77. The van der Waals surface area contributed by atoms with E-state index >= 15 is 0 Å². The van der Waals surface area contributed by atoms with Gasteiger partial charge in [0.05, 0.1) is 0 Å². The summed E-state index contributed by atoms with van der Waals surface area (Å²) in [6.07, 6.45) is 1.60. The van der Waals surface area contributed by atoms with Crippen LogP contribution in [0.2, 0.25) is 0 Å². The molecule has 2 aromatic rings. The number of hydrogen-bond donors (Lipinski definition) is 5. The number of hydrogen-bond acceptors (Lipinski definition) is 8. The number of carbonyl (C=O) groups is 2. The van der Waals surface area contributed by atoms with Gasteiger partial charge in [0, 0.05) is 19.4 Å². The molecule has 13 nitrogen and oxygen atoms in total. The molecule has 0 aromatic carbocycles. The van der Waals surface area contributed by atoms with Crippen molar-refractivity contribution in [2.75, 3.05) is 6.54 Å². The van der Waals surface area contributed by atoms with E-state index in [1.807, 2.05) is 0 Å². The predicted octanol–water partition coefficient (Wildman–Crippen LogP) is -1.97. The number of urea groups is 1. The van der Waals surface area contributed by atoms with Crippen molar-refractivity contribution >= 4 is 12.0 Å². The minimum absolute atomic E-state index is 0.158. The summed E-state index contributed by atoms with van der Waals surface area (Å²) in [6, 6.07) is -1.59. The lowest BCUT2D eigenvalue weighted by molar-refractivity contribution is -0.139. The van der Waals surface area contributed by atoms with Gasteiger partial charge >= 0.3 is 12.0 Å². The lowest BCUT2D eigenvalue weighted by Crippen LogP contribution is -2.46. The Morgan fingerprint density at radius 2 is 1.74 bits per heavy atom. The number of aromatic amines is 2. The number of nitrogens with one attached hydrogen (secondary N) is 4. The van der Waals surface area contributed by atoms with Gasteiger partial charge in [-0.3, -0.25) is 0 Å². The van der Waals surface area contributed by atoms with Crippen LogP contribution in [0.25, 0.3) is 0 Å². The summed E-state index contributed by atoms with van der Waals surface area (Å²) < 4.78 is 0. The molecular weight excluding hydrogens is 308 g/mol. The van der Waals surface area contributed by atoms with E-state index in [2.05, 4.69) is 51.9 Å². The summed E-state index contributed by atoms with van der Waals surface area (Å²) in [5.74, 6) is -0.190. The Morgan fingerprint density at radius 1 is 1.09 bits per heavy atom. The Labute approximate surface area is 129 Å². The van der Waals surface area contributed by atoms with Crippen molar-refractivity contribution in [3.63, 3.8) is 0 Å². The third-order valence-electron chi connectivity index (χ3n) is 2.90. The van der Waals surface area contributed by atoms with Crippen molar-refractivity contribution < 1.29 is 14.7 Å². The van der Waals surface area contributed by atoms with Gasteiger partial charge in [0.2, 0.25) is 0 Å². The zero-order valence-electron chi connectivity index (χ0n) is 12.1. The molecule has 5 N–H and O–H groups in total. The van der Waals surface area contributed by atoms with E-state index in [1.165, 1.54) is 0 Å². The zero-order valence-corrected chi connectivity index (χ0v) is 12.1.